The molecule has 2 heterocycles. The molecule has 4 rings (SSSR count). The Morgan fingerprint density at radius 3 is 2.32 bits per heavy atom. The third-order valence-electron chi connectivity index (χ3n) is 7.47. The fraction of sp³-hybridized carbons (Fsp3) is 0.481. The van der Waals surface area contributed by atoms with Crippen LogP contribution in [0, 0.1) is 0 Å². The van der Waals surface area contributed by atoms with Gasteiger partial charge < -0.3 is 15.2 Å². The van der Waals surface area contributed by atoms with Gasteiger partial charge in [-0.1, -0.05) is 6.07 Å². The van der Waals surface area contributed by atoms with Crippen LogP contribution in [0.25, 0.3) is 16.7 Å². The highest BCUT2D eigenvalue weighted by atomic mass is 32.2. The smallest absolute Gasteiger partial charge is 0.428 e. The topological polar surface area (TPSA) is 120 Å². The van der Waals surface area contributed by atoms with Crippen LogP contribution in [0.15, 0.2) is 47.3 Å². The summed E-state index contributed by atoms with van der Waals surface area (Å²) in [7, 11) is -3.16. The van der Waals surface area contributed by atoms with E-state index in [9.17, 15) is 40.7 Å². The van der Waals surface area contributed by atoms with Crippen molar-refractivity contribution in [2.24, 2.45) is 0 Å². The third-order valence-corrected chi connectivity index (χ3v) is 9.13. The van der Waals surface area contributed by atoms with E-state index >= 15 is 0 Å². The van der Waals surface area contributed by atoms with Crippen molar-refractivity contribution in [2.45, 2.75) is 70.3 Å². The number of aromatic nitrogens is 2. The molecule has 224 valence electrons. The SMILES string of the molecule is C[C@@H](n1c(=O)n(-c2cccc(OC(F)(F)C(F)F)c2)c2ccc(C(=O)NC3(C)CCS(=O)(=O)CC3)cc21)C(C)(C)O. The Hall–Kier alpha value is -3.39. The van der Waals surface area contributed by atoms with Crippen molar-refractivity contribution in [3.8, 4) is 11.4 Å². The predicted octanol–water partition coefficient (Wildman–Crippen LogP) is 4.06. The molecule has 1 aliphatic heterocycles. The van der Waals surface area contributed by atoms with Gasteiger partial charge in [0.15, 0.2) is 0 Å². The summed E-state index contributed by atoms with van der Waals surface area (Å²) in [5, 5.41) is 13.6. The number of hydrogen-bond donors (Lipinski definition) is 2. The van der Waals surface area contributed by atoms with Crippen LogP contribution in [0.2, 0.25) is 0 Å². The molecule has 0 aliphatic carbocycles. The molecule has 0 saturated carbocycles. The van der Waals surface area contributed by atoms with E-state index in [1.54, 1.807) is 13.8 Å². The molecule has 0 radical (unpaired) electrons. The molecule has 1 aliphatic rings. The van der Waals surface area contributed by atoms with Crippen molar-refractivity contribution in [2.75, 3.05) is 11.5 Å². The van der Waals surface area contributed by atoms with Gasteiger partial charge >= 0.3 is 18.2 Å². The number of amides is 1. The lowest BCUT2D eigenvalue weighted by Gasteiger charge is -2.34. The summed E-state index contributed by atoms with van der Waals surface area (Å²) in [5.74, 6) is -1.21. The second-order valence-corrected chi connectivity index (χ2v) is 13.5. The van der Waals surface area contributed by atoms with Crippen LogP contribution in [-0.4, -0.2) is 63.7 Å². The third kappa shape index (κ3) is 6.27. The first-order valence-electron chi connectivity index (χ1n) is 12.8. The number of carbonyl (C=O) groups is 1. The maximum Gasteiger partial charge on any atom is 0.461 e. The van der Waals surface area contributed by atoms with Crippen LogP contribution in [0.5, 0.6) is 5.75 Å². The normalized spacial score (nSPS) is 17.9. The molecule has 2 N–H and O–H groups in total. The number of halogens is 4. The molecule has 9 nitrogen and oxygen atoms in total. The zero-order valence-corrected chi connectivity index (χ0v) is 23.6. The van der Waals surface area contributed by atoms with Crippen LogP contribution in [0.1, 0.15) is 56.9 Å². The summed E-state index contributed by atoms with van der Waals surface area (Å²) in [6, 6.07) is 8.23. The second kappa shape index (κ2) is 10.5. The first kappa shape index (κ1) is 30.6. The lowest BCUT2D eigenvalue weighted by atomic mass is 9.94. The number of benzene rings is 2. The van der Waals surface area contributed by atoms with Gasteiger partial charge in [0.1, 0.15) is 15.6 Å². The van der Waals surface area contributed by atoms with Crippen molar-refractivity contribution in [3.05, 3.63) is 58.5 Å². The minimum atomic E-state index is -4.76. The molecule has 1 saturated heterocycles. The summed E-state index contributed by atoms with van der Waals surface area (Å²) in [5.41, 5.74) is -2.19. The molecule has 0 spiro atoms. The van der Waals surface area contributed by atoms with Crippen molar-refractivity contribution in [1.29, 1.82) is 0 Å². The maximum atomic E-state index is 13.7. The van der Waals surface area contributed by atoms with E-state index in [1.165, 1.54) is 48.7 Å². The van der Waals surface area contributed by atoms with Crippen LogP contribution in [-0.2, 0) is 9.84 Å². The Bertz CT molecular complexity index is 1630. The van der Waals surface area contributed by atoms with Crippen LogP contribution < -0.4 is 15.7 Å². The molecule has 0 unspecified atom stereocenters. The number of nitrogens with one attached hydrogen (secondary N) is 1. The van der Waals surface area contributed by atoms with E-state index in [4.69, 9.17) is 0 Å². The zero-order chi connectivity index (χ0) is 30.5. The highest BCUT2D eigenvalue weighted by Crippen LogP contribution is 2.31. The van der Waals surface area contributed by atoms with E-state index in [2.05, 4.69) is 10.1 Å². The fourth-order valence-electron chi connectivity index (χ4n) is 4.65. The minimum Gasteiger partial charge on any atom is -0.428 e. The molecule has 1 fully saturated rings. The standard InChI is InChI=1S/C27H31F4N3O6S/c1-16(25(2,3)37)33-21-14-17(22(35)32-26(4)10-12-41(38,39)13-11-26)8-9-20(21)34(24(33)36)18-6-5-7-19(15-18)40-27(30,31)23(28)29/h5-9,14-16,23,37H,10-13H2,1-4H3,(H,32,35)/t16-/m1/s1. The Balaban J connectivity index is 1.80. The van der Waals surface area contributed by atoms with Gasteiger partial charge in [-0.15, -0.1) is 0 Å². The molecule has 41 heavy (non-hydrogen) atoms. The molecule has 3 aromatic rings. The van der Waals surface area contributed by atoms with Gasteiger partial charge in [0.2, 0.25) is 0 Å². The lowest BCUT2D eigenvalue weighted by Crippen LogP contribution is -2.50. The number of alkyl halides is 4. The Morgan fingerprint density at radius 1 is 1.10 bits per heavy atom. The predicted molar refractivity (Wildman–Crippen MR) is 144 cm³/mol. The largest absolute Gasteiger partial charge is 0.461 e. The Morgan fingerprint density at radius 2 is 1.73 bits per heavy atom. The van der Waals surface area contributed by atoms with E-state index in [1.807, 2.05) is 0 Å². The van der Waals surface area contributed by atoms with Crippen LogP contribution in [0.3, 0.4) is 0 Å². The van der Waals surface area contributed by atoms with Gasteiger partial charge in [-0.2, -0.15) is 17.6 Å². The average molecular weight is 602 g/mol. The van der Waals surface area contributed by atoms with Gasteiger partial charge in [-0.25, -0.2) is 13.2 Å². The summed E-state index contributed by atoms with van der Waals surface area (Å²) in [6.45, 7) is 6.32. The molecule has 1 amide bonds. The number of aliphatic hydroxyl groups is 1. The molecule has 1 aromatic heterocycles. The van der Waals surface area contributed by atoms with E-state index in [-0.39, 0.29) is 46.6 Å². The van der Waals surface area contributed by atoms with Crippen molar-refractivity contribution < 1.29 is 40.6 Å². The number of hydrogen-bond acceptors (Lipinski definition) is 6. The van der Waals surface area contributed by atoms with Gasteiger partial charge in [-0.3, -0.25) is 13.9 Å². The first-order chi connectivity index (χ1) is 18.8. The van der Waals surface area contributed by atoms with E-state index in [0.29, 0.717) is 0 Å². The molecule has 1 atom stereocenters. The van der Waals surface area contributed by atoms with Crippen molar-refractivity contribution in [3.63, 3.8) is 0 Å². The van der Waals surface area contributed by atoms with Gasteiger partial charge in [0.05, 0.1) is 39.9 Å². The number of nitrogens with zero attached hydrogens (tertiary/aromatic N) is 2. The molecular weight excluding hydrogens is 570 g/mol. The highest BCUT2D eigenvalue weighted by Gasteiger charge is 2.44. The molecule has 0 bridgehead atoms. The van der Waals surface area contributed by atoms with E-state index < -0.39 is 56.9 Å². The number of fused-ring (bicyclic) bond motifs is 1. The quantitative estimate of drug-likeness (QED) is 0.376. The number of ether oxygens (including phenoxy) is 1. The summed E-state index contributed by atoms with van der Waals surface area (Å²) in [6.07, 6.45) is -8.35. The maximum absolute atomic E-state index is 13.7. The fourth-order valence-corrected chi connectivity index (χ4v) is 6.38. The minimum absolute atomic E-state index is 0.0254. The number of sulfone groups is 1. The van der Waals surface area contributed by atoms with Crippen LogP contribution in [0.4, 0.5) is 17.6 Å². The zero-order valence-electron chi connectivity index (χ0n) is 22.8. The monoisotopic (exact) mass is 601 g/mol. The second-order valence-electron chi connectivity index (χ2n) is 11.1. The molecular formula is C27H31F4N3O6S. The van der Waals surface area contributed by atoms with Gasteiger partial charge in [0, 0.05) is 17.2 Å². The van der Waals surface area contributed by atoms with Gasteiger partial charge in [-0.05, 0) is 70.9 Å². The lowest BCUT2D eigenvalue weighted by molar-refractivity contribution is -0.253. The van der Waals surface area contributed by atoms with Crippen LogP contribution >= 0.6 is 0 Å². The summed E-state index contributed by atoms with van der Waals surface area (Å²) < 4.78 is 82.8. The number of carbonyl (C=O) groups excluding carboxylic acids is 1. The Labute approximate surface area is 233 Å². The molecule has 2 aromatic carbocycles. The van der Waals surface area contributed by atoms with Crippen molar-refractivity contribution in [1.82, 2.24) is 14.5 Å². The summed E-state index contributed by atoms with van der Waals surface area (Å²) in [4.78, 5) is 27.0. The number of rotatable bonds is 8. The van der Waals surface area contributed by atoms with Crippen molar-refractivity contribution >= 4 is 26.8 Å². The van der Waals surface area contributed by atoms with Gasteiger partial charge in [0.25, 0.3) is 5.91 Å². The average Bonchev–Trinajstić information content (AvgIpc) is 3.15. The molecule has 14 heteroatoms. The Kier molecular flexibility index (Phi) is 7.80. The first-order valence-corrected chi connectivity index (χ1v) is 14.6. The van der Waals surface area contributed by atoms with E-state index in [0.717, 1.165) is 16.7 Å². The number of imidazole rings is 1. The highest BCUT2D eigenvalue weighted by molar-refractivity contribution is 7.91. The summed E-state index contributed by atoms with van der Waals surface area (Å²) >= 11 is 0.